The zero-order chi connectivity index (χ0) is 28.8. The number of carbonyl (C=O) groups excluding carboxylic acids is 4. The van der Waals surface area contributed by atoms with E-state index in [1.807, 2.05) is 11.4 Å². The third-order valence-electron chi connectivity index (χ3n) is 7.80. The van der Waals surface area contributed by atoms with E-state index in [9.17, 15) is 37.6 Å². The summed E-state index contributed by atoms with van der Waals surface area (Å²) in [6.45, 7) is 4.94. The molecule has 1 aromatic rings. The van der Waals surface area contributed by atoms with Crippen molar-refractivity contribution in [1.82, 2.24) is 25.3 Å². The number of fused-ring (bicyclic) bond motifs is 1. The van der Waals surface area contributed by atoms with Crippen LogP contribution in [0.15, 0.2) is 12.3 Å². The minimum absolute atomic E-state index is 0.00540. The number of anilines is 1. The number of rotatable bonds is 6. The topological polar surface area (TPSA) is 149 Å². The van der Waals surface area contributed by atoms with Crippen LogP contribution in [-0.2, 0) is 25.7 Å². The summed E-state index contributed by atoms with van der Waals surface area (Å²) in [4.78, 5) is 52.6. The maximum atomic E-state index is 13.6. The van der Waals surface area contributed by atoms with Crippen molar-refractivity contribution in [2.24, 2.45) is 16.7 Å². The van der Waals surface area contributed by atoms with Crippen LogP contribution < -0.4 is 16.0 Å². The predicted molar refractivity (Wildman–Crippen MR) is 130 cm³/mol. The molecule has 2 fully saturated rings. The van der Waals surface area contributed by atoms with Crippen molar-refractivity contribution >= 4 is 29.4 Å². The second kappa shape index (κ2) is 10.2. The second-order valence-electron chi connectivity index (χ2n) is 11.8. The highest BCUT2D eigenvalue weighted by atomic mass is 19.4. The highest BCUT2D eigenvalue weighted by Gasteiger charge is 2.53. The van der Waals surface area contributed by atoms with Crippen molar-refractivity contribution in [2.75, 3.05) is 11.9 Å². The van der Waals surface area contributed by atoms with Crippen molar-refractivity contribution in [3.8, 4) is 6.07 Å². The molecule has 212 valence electrons. The summed E-state index contributed by atoms with van der Waals surface area (Å²) in [5, 5.41) is 21.0. The number of nitrogens with zero attached hydrogens (tertiary/aromatic N) is 4. The van der Waals surface area contributed by atoms with Gasteiger partial charge in [0.15, 0.2) is 0 Å². The summed E-state index contributed by atoms with van der Waals surface area (Å²) in [5.74, 6) is -4.05. The molecule has 0 aromatic carbocycles. The first-order valence-electron chi connectivity index (χ1n) is 12.8. The minimum Gasteiger partial charge on any atom is -0.339 e. The van der Waals surface area contributed by atoms with E-state index >= 15 is 0 Å². The summed E-state index contributed by atoms with van der Waals surface area (Å²) in [6.07, 6.45) is -1.03. The molecular weight excluding hydrogens is 519 g/mol. The molecule has 2 aliphatic heterocycles. The molecule has 0 bridgehead atoms. The average molecular weight is 552 g/mol. The van der Waals surface area contributed by atoms with E-state index in [4.69, 9.17) is 0 Å². The van der Waals surface area contributed by atoms with E-state index in [-0.39, 0.29) is 30.8 Å². The Kier molecular flexibility index (Phi) is 7.39. The van der Waals surface area contributed by atoms with Gasteiger partial charge >= 0.3 is 12.1 Å². The molecule has 1 saturated heterocycles. The first kappa shape index (κ1) is 28.4. The number of hydrogen-bond acceptors (Lipinski definition) is 6. The van der Waals surface area contributed by atoms with Gasteiger partial charge in [0.1, 0.15) is 23.9 Å². The Morgan fingerprint density at radius 1 is 1.23 bits per heavy atom. The average Bonchev–Trinajstić information content (AvgIpc) is 3.44. The first-order valence-corrected chi connectivity index (χ1v) is 12.8. The summed E-state index contributed by atoms with van der Waals surface area (Å²) in [6, 6.07) is 0.0251. The highest BCUT2D eigenvalue weighted by molar-refractivity contribution is 5.94. The van der Waals surface area contributed by atoms with Gasteiger partial charge in [-0.2, -0.15) is 23.5 Å². The number of piperidine rings is 1. The van der Waals surface area contributed by atoms with Crippen molar-refractivity contribution < 1.29 is 32.3 Å². The zero-order valence-corrected chi connectivity index (χ0v) is 22.0. The summed E-state index contributed by atoms with van der Waals surface area (Å²) < 4.78 is 40.6. The zero-order valence-electron chi connectivity index (χ0n) is 22.0. The Labute approximate surface area is 223 Å². The molecule has 11 nitrogen and oxygen atoms in total. The Balaban J connectivity index is 1.50. The fourth-order valence-electron chi connectivity index (χ4n) is 5.27. The minimum atomic E-state index is -5.18. The molecular formula is C25H32F3N7O4. The number of nitrogens with one attached hydrogen (secondary N) is 3. The lowest BCUT2D eigenvalue weighted by molar-refractivity contribution is -0.176. The number of likely N-dealkylation sites (tertiary alicyclic amines) is 1. The fraction of sp³-hybridized carbons (Fsp3) is 0.680. The lowest BCUT2D eigenvalue weighted by atomic mass is 9.82. The van der Waals surface area contributed by atoms with Crippen molar-refractivity contribution in [3.05, 3.63) is 12.3 Å². The number of aromatic nitrogens is 2. The van der Waals surface area contributed by atoms with E-state index in [2.05, 4.69) is 15.7 Å². The van der Waals surface area contributed by atoms with Crippen LogP contribution in [0.25, 0.3) is 0 Å². The molecule has 4 amide bonds. The number of halogens is 3. The summed E-state index contributed by atoms with van der Waals surface area (Å²) >= 11 is 0. The van der Waals surface area contributed by atoms with Gasteiger partial charge in [0.05, 0.1) is 24.7 Å². The molecule has 14 heteroatoms. The molecule has 1 saturated carbocycles. The fourth-order valence-corrected chi connectivity index (χ4v) is 5.27. The SMILES string of the molecule is CC(C)(C)C(NC(=O)C(F)(F)F)C(=O)N1CCC2(CC2)CC1C(=O)NC(C#N)CC1Cn2nccc2NC1=O. The molecule has 3 aliphatic rings. The molecule has 1 spiro atoms. The van der Waals surface area contributed by atoms with Crippen LogP contribution in [0.2, 0.25) is 0 Å². The van der Waals surface area contributed by atoms with Gasteiger partial charge in [-0.3, -0.25) is 19.2 Å². The lowest BCUT2D eigenvalue weighted by Gasteiger charge is -2.43. The molecule has 0 radical (unpaired) electrons. The Bertz CT molecular complexity index is 1200. The molecule has 39 heavy (non-hydrogen) atoms. The predicted octanol–water partition coefficient (Wildman–Crippen LogP) is 1.71. The van der Waals surface area contributed by atoms with Crippen LogP contribution in [0.5, 0.6) is 0 Å². The normalized spacial score (nSPS) is 23.6. The van der Waals surface area contributed by atoms with Gasteiger partial charge in [0.2, 0.25) is 17.7 Å². The van der Waals surface area contributed by atoms with Crippen molar-refractivity contribution in [2.45, 2.75) is 83.7 Å². The third-order valence-corrected chi connectivity index (χ3v) is 7.80. The molecule has 1 aliphatic carbocycles. The monoisotopic (exact) mass is 551 g/mol. The van der Waals surface area contributed by atoms with Gasteiger partial charge in [-0.25, -0.2) is 4.68 Å². The second-order valence-corrected chi connectivity index (χ2v) is 11.8. The quantitative estimate of drug-likeness (QED) is 0.490. The van der Waals surface area contributed by atoms with E-state index in [0.717, 1.165) is 12.8 Å². The Hall–Kier alpha value is -3.63. The van der Waals surface area contributed by atoms with E-state index in [1.165, 1.54) is 31.9 Å². The molecule has 4 unspecified atom stereocenters. The number of carbonyl (C=O) groups is 4. The van der Waals surface area contributed by atoms with Crippen LogP contribution in [0.1, 0.15) is 52.9 Å². The maximum Gasteiger partial charge on any atom is 0.471 e. The van der Waals surface area contributed by atoms with Crippen LogP contribution in [0.3, 0.4) is 0 Å². The highest BCUT2D eigenvalue weighted by Crippen LogP contribution is 2.55. The van der Waals surface area contributed by atoms with E-state index in [0.29, 0.717) is 18.7 Å². The molecule has 3 heterocycles. The van der Waals surface area contributed by atoms with Gasteiger partial charge in [-0.1, -0.05) is 20.8 Å². The number of alkyl halides is 3. The van der Waals surface area contributed by atoms with E-state index < -0.39 is 53.4 Å². The van der Waals surface area contributed by atoms with Crippen LogP contribution in [-0.4, -0.2) is 69.2 Å². The van der Waals surface area contributed by atoms with Gasteiger partial charge in [0.25, 0.3) is 0 Å². The van der Waals surface area contributed by atoms with Crippen LogP contribution >= 0.6 is 0 Å². The number of hydrogen-bond donors (Lipinski definition) is 3. The van der Waals surface area contributed by atoms with Crippen LogP contribution in [0.4, 0.5) is 19.0 Å². The smallest absolute Gasteiger partial charge is 0.339 e. The van der Waals surface area contributed by atoms with Gasteiger partial charge in [-0.15, -0.1) is 0 Å². The molecule has 1 aromatic heterocycles. The maximum absolute atomic E-state index is 13.6. The first-order chi connectivity index (χ1) is 18.1. The Morgan fingerprint density at radius 2 is 1.92 bits per heavy atom. The largest absolute Gasteiger partial charge is 0.471 e. The van der Waals surface area contributed by atoms with Gasteiger partial charge in [-0.05, 0) is 42.9 Å². The van der Waals surface area contributed by atoms with Crippen LogP contribution in [0, 0.1) is 28.1 Å². The van der Waals surface area contributed by atoms with Crippen molar-refractivity contribution in [1.29, 1.82) is 5.26 Å². The Morgan fingerprint density at radius 3 is 2.51 bits per heavy atom. The molecule has 4 atom stereocenters. The van der Waals surface area contributed by atoms with E-state index in [1.54, 1.807) is 10.7 Å². The third kappa shape index (κ3) is 6.17. The van der Waals surface area contributed by atoms with Gasteiger partial charge in [0, 0.05) is 12.6 Å². The number of nitriles is 1. The molecule has 4 rings (SSSR count). The lowest BCUT2D eigenvalue weighted by Crippen LogP contribution is -2.63. The number of amides is 4. The van der Waals surface area contributed by atoms with Gasteiger partial charge < -0.3 is 20.9 Å². The summed E-state index contributed by atoms with van der Waals surface area (Å²) in [5.41, 5.74) is -1.21. The summed E-state index contributed by atoms with van der Waals surface area (Å²) in [7, 11) is 0. The standard InChI is InChI=1S/C25H32F3N7O4/c1-23(2,3)18(33-22(39)25(26,27)28)21(38)34-9-7-24(5-6-24)11-16(34)20(37)31-15(12-29)10-14-13-35-17(4-8-30-35)32-19(14)36/h4,8,14-16,18H,5-7,9-11,13H2,1-3H3,(H,31,37)(H,32,36)(H,33,39). The van der Waals surface area contributed by atoms with Crippen molar-refractivity contribution in [3.63, 3.8) is 0 Å². The molecule has 3 N–H and O–H groups in total.